The Balaban J connectivity index is 2.42. The molecule has 0 atom stereocenters. The second kappa shape index (κ2) is 4.12. The van der Waals surface area contributed by atoms with Gasteiger partial charge in [-0.3, -0.25) is 0 Å². The Kier molecular flexibility index (Phi) is 2.82. The Morgan fingerprint density at radius 3 is 2.44 bits per heavy atom. The molecule has 84 valence electrons. The van der Waals surface area contributed by atoms with Crippen LogP contribution in [0.2, 0.25) is 0 Å². The van der Waals surface area contributed by atoms with Gasteiger partial charge in [-0.1, -0.05) is 31.5 Å². The van der Waals surface area contributed by atoms with Crippen molar-refractivity contribution in [3.63, 3.8) is 0 Å². The molecule has 0 bridgehead atoms. The summed E-state index contributed by atoms with van der Waals surface area (Å²) in [6.45, 7) is 8.56. The Hall–Kier alpha value is -1.57. The summed E-state index contributed by atoms with van der Waals surface area (Å²) >= 11 is 0. The summed E-state index contributed by atoms with van der Waals surface area (Å²) in [5, 5.41) is 4.59. The van der Waals surface area contributed by atoms with Crippen LogP contribution in [0.1, 0.15) is 36.6 Å². The summed E-state index contributed by atoms with van der Waals surface area (Å²) in [5.41, 5.74) is 4.85. The van der Waals surface area contributed by atoms with Crippen LogP contribution in [0.15, 0.2) is 30.5 Å². The lowest BCUT2D eigenvalue weighted by Crippen LogP contribution is -1.99. The molecule has 2 aromatic rings. The van der Waals surface area contributed by atoms with Crippen molar-refractivity contribution in [1.29, 1.82) is 0 Å². The monoisotopic (exact) mass is 214 g/mol. The molecule has 2 rings (SSSR count). The van der Waals surface area contributed by atoms with E-state index in [1.165, 1.54) is 11.1 Å². The van der Waals surface area contributed by atoms with Crippen molar-refractivity contribution >= 4 is 0 Å². The summed E-state index contributed by atoms with van der Waals surface area (Å²) in [7, 11) is 0. The number of nitrogens with zero attached hydrogens (tertiary/aromatic N) is 2. The van der Waals surface area contributed by atoms with Gasteiger partial charge in [0, 0.05) is 6.20 Å². The summed E-state index contributed by atoms with van der Waals surface area (Å²) in [6, 6.07) is 8.52. The summed E-state index contributed by atoms with van der Waals surface area (Å²) in [5.74, 6) is 0.479. The minimum absolute atomic E-state index is 0.479. The SMILES string of the molecule is Cc1ccc(-n2ccc(C(C)C)n2)c(C)c1. The predicted octanol–water partition coefficient (Wildman–Crippen LogP) is 3.61. The first-order valence-electron chi connectivity index (χ1n) is 5.71. The van der Waals surface area contributed by atoms with Crippen molar-refractivity contribution in [2.75, 3.05) is 0 Å². The molecule has 0 aliphatic heterocycles. The summed E-state index contributed by atoms with van der Waals surface area (Å²) in [6.07, 6.45) is 2.03. The molecule has 1 heterocycles. The van der Waals surface area contributed by atoms with Gasteiger partial charge in [0.15, 0.2) is 0 Å². The van der Waals surface area contributed by atoms with Crippen LogP contribution in [0.4, 0.5) is 0 Å². The molecule has 0 aliphatic carbocycles. The molecule has 16 heavy (non-hydrogen) atoms. The maximum atomic E-state index is 4.59. The maximum Gasteiger partial charge on any atom is 0.0674 e. The number of aryl methyl sites for hydroxylation is 2. The Labute approximate surface area is 96.9 Å². The summed E-state index contributed by atoms with van der Waals surface area (Å²) in [4.78, 5) is 0. The zero-order valence-corrected chi connectivity index (χ0v) is 10.4. The maximum absolute atomic E-state index is 4.59. The Bertz CT molecular complexity index is 495. The number of aromatic nitrogens is 2. The largest absolute Gasteiger partial charge is 0.240 e. The molecule has 0 aliphatic rings. The zero-order chi connectivity index (χ0) is 11.7. The second-order valence-corrected chi connectivity index (χ2v) is 4.63. The molecular weight excluding hydrogens is 196 g/mol. The minimum Gasteiger partial charge on any atom is -0.240 e. The molecule has 0 unspecified atom stereocenters. The van der Waals surface area contributed by atoms with E-state index in [1.807, 2.05) is 10.9 Å². The van der Waals surface area contributed by atoms with Gasteiger partial charge in [-0.05, 0) is 37.5 Å². The molecule has 0 N–H and O–H groups in total. The van der Waals surface area contributed by atoms with E-state index in [9.17, 15) is 0 Å². The van der Waals surface area contributed by atoms with Crippen molar-refractivity contribution in [2.45, 2.75) is 33.6 Å². The highest BCUT2D eigenvalue weighted by Gasteiger charge is 2.06. The van der Waals surface area contributed by atoms with Crippen LogP contribution >= 0.6 is 0 Å². The normalized spacial score (nSPS) is 11.1. The van der Waals surface area contributed by atoms with Crippen LogP contribution in [0, 0.1) is 13.8 Å². The van der Waals surface area contributed by atoms with E-state index in [1.54, 1.807) is 0 Å². The number of hydrogen-bond acceptors (Lipinski definition) is 1. The van der Waals surface area contributed by atoms with E-state index in [0.29, 0.717) is 5.92 Å². The van der Waals surface area contributed by atoms with Gasteiger partial charge >= 0.3 is 0 Å². The van der Waals surface area contributed by atoms with Gasteiger partial charge in [0.2, 0.25) is 0 Å². The van der Waals surface area contributed by atoms with E-state index < -0.39 is 0 Å². The molecule has 0 saturated heterocycles. The lowest BCUT2D eigenvalue weighted by Gasteiger charge is -2.07. The van der Waals surface area contributed by atoms with Crippen molar-refractivity contribution in [3.8, 4) is 5.69 Å². The molecular formula is C14H18N2. The fourth-order valence-electron chi connectivity index (χ4n) is 1.84. The van der Waals surface area contributed by atoms with Gasteiger partial charge in [0.05, 0.1) is 11.4 Å². The first-order chi connectivity index (χ1) is 7.58. The zero-order valence-electron chi connectivity index (χ0n) is 10.4. The highest BCUT2D eigenvalue weighted by molar-refractivity contribution is 5.42. The van der Waals surface area contributed by atoms with Crippen LogP contribution in [0.3, 0.4) is 0 Å². The number of benzene rings is 1. The van der Waals surface area contributed by atoms with Crippen molar-refractivity contribution in [3.05, 3.63) is 47.3 Å². The predicted molar refractivity (Wildman–Crippen MR) is 67.1 cm³/mol. The molecule has 0 radical (unpaired) electrons. The van der Waals surface area contributed by atoms with Crippen LogP contribution in [0.25, 0.3) is 5.69 Å². The fourth-order valence-corrected chi connectivity index (χ4v) is 1.84. The second-order valence-electron chi connectivity index (χ2n) is 4.63. The lowest BCUT2D eigenvalue weighted by molar-refractivity contribution is 0.766. The molecule has 2 nitrogen and oxygen atoms in total. The minimum atomic E-state index is 0.479. The van der Waals surface area contributed by atoms with Gasteiger partial charge in [-0.25, -0.2) is 4.68 Å². The van der Waals surface area contributed by atoms with Gasteiger partial charge in [0.25, 0.3) is 0 Å². The third-order valence-electron chi connectivity index (χ3n) is 2.80. The van der Waals surface area contributed by atoms with E-state index >= 15 is 0 Å². The van der Waals surface area contributed by atoms with E-state index in [2.05, 4.69) is 57.1 Å². The number of rotatable bonds is 2. The van der Waals surface area contributed by atoms with Crippen molar-refractivity contribution in [1.82, 2.24) is 9.78 Å². The van der Waals surface area contributed by atoms with Gasteiger partial charge in [-0.2, -0.15) is 5.10 Å². The first-order valence-corrected chi connectivity index (χ1v) is 5.71. The Morgan fingerprint density at radius 1 is 1.12 bits per heavy atom. The quantitative estimate of drug-likeness (QED) is 0.746. The fraction of sp³-hybridized carbons (Fsp3) is 0.357. The first kappa shape index (κ1) is 10.9. The molecule has 0 saturated carbocycles. The third-order valence-corrected chi connectivity index (χ3v) is 2.80. The van der Waals surface area contributed by atoms with Gasteiger partial charge in [-0.15, -0.1) is 0 Å². The molecule has 1 aromatic heterocycles. The molecule has 0 spiro atoms. The van der Waals surface area contributed by atoms with Crippen LogP contribution in [0.5, 0.6) is 0 Å². The Morgan fingerprint density at radius 2 is 1.88 bits per heavy atom. The van der Waals surface area contributed by atoms with E-state index in [4.69, 9.17) is 0 Å². The average Bonchev–Trinajstić information content (AvgIpc) is 2.66. The lowest BCUT2D eigenvalue weighted by atomic mass is 10.1. The standard InChI is InChI=1S/C14H18N2/c1-10(2)13-7-8-16(15-13)14-6-5-11(3)9-12(14)4/h5-10H,1-4H3. The topological polar surface area (TPSA) is 17.8 Å². The molecule has 1 aromatic carbocycles. The van der Waals surface area contributed by atoms with Crippen LogP contribution in [-0.4, -0.2) is 9.78 Å². The summed E-state index contributed by atoms with van der Waals surface area (Å²) < 4.78 is 1.96. The highest BCUT2D eigenvalue weighted by Crippen LogP contribution is 2.17. The van der Waals surface area contributed by atoms with Crippen molar-refractivity contribution in [2.24, 2.45) is 0 Å². The van der Waals surface area contributed by atoms with Gasteiger partial charge < -0.3 is 0 Å². The van der Waals surface area contributed by atoms with Gasteiger partial charge in [0.1, 0.15) is 0 Å². The third kappa shape index (κ3) is 2.01. The van der Waals surface area contributed by atoms with Crippen LogP contribution < -0.4 is 0 Å². The van der Waals surface area contributed by atoms with E-state index in [-0.39, 0.29) is 0 Å². The highest BCUT2D eigenvalue weighted by atomic mass is 15.3. The average molecular weight is 214 g/mol. The van der Waals surface area contributed by atoms with Crippen molar-refractivity contribution < 1.29 is 0 Å². The van der Waals surface area contributed by atoms with E-state index in [0.717, 1.165) is 11.4 Å². The molecule has 2 heteroatoms. The smallest absolute Gasteiger partial charge is 0.0674 e. The molecule has 0 fully saturated rings. The molecule has 0 amide bonds. The number of hydrogen-bond donors (Lipinski definition) is 0. The van der Waals surface area contributed by atoms with Crippen LogP contribution in [-0.2, 0) is 0 Å².